The Bertz CT molecular complexity index is 1280. The molecule has 1 aliphatic rings. The van der Waals surface area contributed by atoms with Crippen molar-refractivity contribution in [3.05, 3.63) is 41.7 Å². The summed E-state index contributed by atoms with van der Waals surface area (Å²) >= 11 is 0. The molecule has 1 amide bonds. The molecule has 0 atom stereocenters. The van der Waals surface area contributed by atoms with Crippen LogP contribution in [0.2, 0.25) is 0 Å². The maximum atomic E-state index is 12.9. The summed E-state index contributed by atoms with van der Waals surface area (Å²) in [5.41, 5.74) is 1.89. The lowest BCUT2D eigenvalue weighted by Gasteiger charge is -2.21. The van der Waals surface area contributed by atoms with E-state index in [0.717, 1.165) is 6.41 Å². The minimum Gasteiger partial charge on any atom is -0.496 e. The summed E-state index contributed by atoms with van der Waals surface area (Å²) in [5.74, 6) is 0.802. The van der Waals surface area contributed by atoms with E-state index in [1.807, 2.05) is 0 Å². The number of hydrogen-bond acceptors (Lipinski definition) is 7. The fourth-order valence-corrected chi connectivity index (χ4v) is 3.62. The number of fused-ring (bicyclic) bond motifs is 1. The zero-order valence-corrected chi connectivity index (χ0v) is 21.1. The monoisotopic (exact) mass is 516 g/mol. The number of pyridine rings is 1. The maximum Gasteiger partial charge on any atom is 0.387 e. The highest BCUT2D eigenvalue weighted by atomic mass is 19.3. The molecule has 2 aromatic heterocycles. The Labute approximate surface area is 213 Å². The molecular weight excluding hydrogens is 486 g/mol. The molecule has 0 aliphatic heterocycles. The van der Waals surface area contributed by atoms with Crippen molar-refractivity contribution in [3.8, 4) is 34.6 Å². The van der Waals surface area contributed by atoms with Gasteiger partial charge in [0.05, 0.1) is 43.3 Å². The first-order valence-electron chi connectivity index (χ1n) is 11.6. The molecule has 9 nitrogen and oxygen atoms in total. The van der Waals surface area contributed by atoms with Crippen LogP contribution in [0, 0.1) is 18.3 Å². The number of aliphatic hydroxyl groups is 1. The van der Waals surface area contributed by atoms with Gasteiger partial charge in [-0.1, -0.05) is 0 Å². The number of aliphatic hydroxyl groups excluding tert-OH is 1. The van der Waals surface area contributed by atoms with Crippen LogP contribution in [0.3, 0.4) is 0 Å². The highest BCUT2D eigenvalue weighted by molar-refractivity contribution is 5.70. The summed E-state index contributed by atoms with van der Waals surface area (Å²) < 4.78 is 43.2. The van der Waals surface area contributed by atoms with Gasteiger partial charge in [-0.15, -0.1) is 0 Å². The number of ether oxygens (including phenoxy) is 3. The molecule has 1 aliphatic carbocycles. The van der Waals surface area contributed by atoms with Gasteiger partial charge in [0.1, 0.15) is 29.5 Å². The van der Waals surface area contributed by atoms with Gasteiger partial charge in [0.2, 0.25) is 6.41 Å². The van der Waals surface area contributed by atoms with Gasteiger partial charge in [-0.2, -0.15) is 14.0 Å². The molecule has 11 heteroatoms. The average Bonchev–Trinajstić information content (AvgIpc) is 3.60. The molecule has 2 N–H and O–H groups in total. The fraction of sp³-hybridized carbons (Fsp3) is 0.423. The lowest BCUT2D eigenvalue weighted by Crippen LogP contribution is -2.17. The molecule has 0 spiro atoms. The maximum absolute atomic E-state index is 12.9. The summed E-state index contributed by atoms with van der Waals surface area (Å²) in [6.07, 6.45) is 6.38. The van der Waals surface area contributed by atoms with Gasteiger partial charge < -0.3 is 24.6 Å². The summed E-state index contributed by atoms with van der Waals surface area (Å²) in [7, 11) is 1.45. The van der Waals surface area contributed by atoms with E-state index in [1.165, 1.54) is 26.0 Å². The minimum absolute atomic E-state index is 0.00159. The number of carbonyl (C=O) groups excluding carboxylic acids is 1. The number of hydrogen-bond donors (Lipinski definition) is 2. The first kappa shape index (κ1) is 27.7. The summed E-state index contributed by atoms with van der Waals surface area (Å²) in [6.45, 7) is 2.03. The highest BCUT2D eigenvalue weighted by Crippen LogP contribution is 2.38. The molecule has 0 bridgehead atoms. The van der Waals surface area contributed by atoms with E-state index < -0.39 is 12.0 Å². The number of benzene rings is 1. The van der Waals surface area contributed by atoms with E-state index in [4.69, 9.17) is 9.47 Å². The number of aromatic nitrogens is 2. The molecule has 1 fully saturated rings. The Morgan fingerprint density at radius 2 is 2.00 bits per heavy atom. The Morgan fingerprint density at radius 3 is 2.54 bits per heavy atom. The number of halogens is 2. The van der Waals surface area contributed by atoms with Crippen molar-refractivity contribution < 1.29 is 32.9 Å². The third-order valence-corrected chi connectivity index (χ3v) is 5.84. The summed E-state index contributed by atoms with van der Waals surface area (Å²) in [4.78, 5) is 14.0. The quantitative estimate of drug-likeness (QED) is 0.391. The third kappa shape index (κ3) is 6.65. The molecule has 4 rings (SSSR count). The number of carbonyl (C=O) groups is 1. The van der Waals surface area contributed by atoms with Crippen molar-refractivity contribution >= 4 is 12.1 Å². The van der Waals surface area contributed by atoms with Crippen molar-refractivity contribution in [3.63, 3.8) is 0 Å². The van der Waals surface area contributed by atoms with Gasteiger partial charge >= 0.3 is 6.61 Å². The molecule has 198 valence electrons. The molecule has 37 heavy (non-hydrogen) atoms. The zero-order chi connectivity index (χ0) is 27.2. The predicted octanol–water partition coefficient (Wildman–Crippen LogP) is 3.99. The van der Waals surface area contributed by atoms with Crippen LogP contribution in [-0.2, 0) is 10.2 Å². The Kier molecular flexibility index (Phi) is 8.89. The normalized spacial score (nSPS) is 12.9. The number of nitrogens with zero attached hydrogens (tertiary/aromatic N) is 3. The smallest absolute Gasteiger partial charge is 0.387 e. The zero-order valence-electron chi connectivity index (χ0n) is 21.1. The third-order valence-electron chi connectivity index (χ3n) is 5.84. The lowest BCUT2D eigenvalue weighted by molar-refractivity contribution is -0.109. The van der Waals surface area contributed by atoms with Crippen LogP contribution >= 0.6 is 0 Å². The van der Waals surface area contributed by atoms with Crippen LogP contribution in [0.1, 0.15) is 37.8 Å². The first-order valence-corrected chi connectivity index (χ1v) is 11.6. The van der Waals surface area contributed by atoms with Crippen molar-refractivity contribution in [2.75, 3.05) is 20.3 Å². The van der Waals surface area contributed by atoms with E-state index in [9.17, 15) is 23.9 Å². The second kappa shape index (κ2) is 11.9. The Hall–Kier alpha value is -3.91. The van der Waals surface area contributed by atoms with Gasteiger partial charge in [0, 0.05) is 22.7 Å². The van der Waals surface area contributed by atoms with Crippen LogP contribution in [-0.4, -0.2) is 53.9 Å². The SMILES string of the molecule is COc1cc(-c2cnc3cc(C(C)(C)C#N)c(OCCO)cn23)cc(OC(F)F)c1C.O=CNC1CC1. The molecule has 0 unspecified atom stereocenters. The fourth-order valence-electron chi connectivity index (χ4n) is 3.62. The van der Waals surface area contributed by atoms with Gasteiger partial charge in [-0.25, -0.2) is 4.98 Å². The largest absolute Gasteiger partial charge is 0.496 e. The molecule has 1 saturated carbocycles. The Morgan fingerprint density at radius 1 is 1.30 bits per heavy atom. The number of rotatable bonds is 10. The molecule has 2 heterocycles. The average molecular weight is 517 g/mol. The van der Waals surface area contributed by atoms with Crippen LogP contribution in [0.25, 0.3) is 16.9 Å². The second-order valence-electron chi connectivity index (χ2n) is 8.97. The summed E-state index contributed by atoms with van der Waals surface area (Å²) in [5, 5.41) is 21.4. The summed E-state index contributed by atoms with van der Waals surface area (Å²) in [6, 6.07) is 7.71. The molecular formula is C26H30F2N4O5. The van der Waals surface area contributed by atoms with Crippen LogP contribution < -0.4 is 19.5 Å². The van der Waals surface area contributed by atoms with Crippen LogP contribution in [0.5, 0.6) is 17.2 Å². The molecule has 0 saturated heterocycles. The number of amides is 1. The second-order valence-corrected chi connectivity index (χ2v) is 8.97. The van der Waals surface area contributed by atoms with Crippen LogP contribution in [0.4, 0.5) is 8.78 Å². The van der Waals surface area contributed by atoms with Gasteiger partial charge in [0.25, 0.3) is 0 Å². The molecule has 1 aromatic carbocycles. The van der Waals surface area contributed by atoms with E-state index in [0.29, 0.717) is 45.6 Å². The van der Waals surface area contributed by atoms with Crippen molar-refractivity contribution in [1.82, 2.24) is 14.7 Å². The van der Waals surface area contributed by atoms with E-state index in [2.05, 4.69) is 21.1 Å². The number of methoxy groups -OCH3 is 1. The number of nitrogens with one attached hydrogen (secondary N) is 1. The Balaban J connectivity index is 0.000000555. The highest BCUT2D eigenvalue weighted by Gasteiger charge is 2.26. The standard InChI is InChI=1S/C22H23F2N3O4.C4H7NO/c1-13-17(29-4)7-14(8-18(13)31-21(23)24)16-10-26-20-9-15(22(2,3)12-25)19(11-27(16)20)30-6-5-28;6-3-5-4-1-2-4/h7-11,21,28H,5-6H2,1-4H3;3-4H,1-2H2,(H,5,6). The number of nitriles is 1. The topological polar surface area (TPSA) is 118 Å². The van der Waals surface area contributed by atoms with Crippen molar-refractivity contribution in [2.24, 2.45) is 0 Å². The van der Waals surface area contributed by atoms with E-state index in [-0.39, 0.29) is 19.0 Å². The van der Waals surface area contributed by atoms with E-state index in [1.54, 1.807) is 49.7 Å². The van der Waals surface area contributed by atoms with Crippen molar-refractivity contribution in [1.29, 1.82) is 5.26 Å². The van der Waals surface area contributed by atoms with Gasteiger partial charge in [0.15, 0.2) is 0 Å². The van der Waals surface area contributed by atoms with Gasteiger partial charge in [-0.3, -0.25) is 9.20 Å². The van der Waals surface area contributed by atoms with Crippen LogP contribution in [0.15, 0.2) is 30.6 Å². The number of alkyl halides is 2. The van der Waals surface area contributed by atoms with Crippen molar-refractivity contribution in [2.45, 2.75) is 51.7 Å². The lowest BCUT2D eigenvalue weighted by atomic mass is 9.86. The minimum atomic E-state index is -2.98. The first-order chi connectivity index (χ1) is 17.6. The van der Waals surface area contributed by atoms with E-state index >= 15 is 0 Å². The molecule has 3 aromatic rings. The number of imidazole rings is 1. The predicted molar refractivity (Wildman–Crippen MR) is 132 cm³/mol. The molecule has 0 radical (unpaired) electrons. The van der Waals surface area contributed by atoms with Gasteiger partial charge in [-0.05, 0) is 51.8 Å².